The van der Waals surface area contributed by atoms with Gasteiger partial charge in [0.1, 0.15) is 12.7 Å². The summed E-state index contributed by atoms with van der Waals surface area (Å²) in [6.45, 7) is 9.30. The molecule has 0 aromatic carbocycles. The summed E-state index contributed by atoms with van der Waals surface area (Å²) < 4.78 is 17.2. The number of Topliss-reactive ketones (excluding diaryl/α,β-unsaturated/α-hetero) is 1. The lowest BCUT2D eigenvalue weighted by atomic mass is 9.85. The van der Waals surface area contributed by atoms with Crippen LogP contribution in [0.25, 0.3) is 0 Å². The number of nitrogens with two attached hydrogens (primary N) is 1. The summed E-state index contributed by atoms with van der Waals surface area (Å²) in [7, 11) is 10.7. The molecule has 50 heavy (non-hydrogen) atoms. The normalized spacial score (nSPS) is 28.1. The molecule has 2 amide bonds. The van der Waals surface area contributed by atoms with E-state index in [1.807, 2.05) is 57.9 Å². The molecular formula is C36H56N6O8. The standard InChI is InChI=1S/C36H56N6O8/c1-22-18-26-32(38-14-15-41(5)6)28(43)21-27(33(26)44)39-35(45)23(2)12-11-13-29(47-9)34(50-36(37)46)25(4)20-24(3)31(30(19-22)48-10)40-49-17-16-42(7)8/h11-13,20-22,24,29-30,34,38H,14-19H2,1-10H3,(H2,37,46)(H,39,45)/b13-11-,23-12+,25-20+,40-31+/t22-,24+,29+,30+,34+/m1/s1. The van der Waals surface area contributed by atoms with Gasteiger partial charge >= 0.3 is 6.09 Å². The second-order valence-electron chi connectivity index (χ2n) is 13.2. The molecule has 0 saturated carbocycles. The van der Waals surface area contributed by atoms with Crippen molar-refractivity contribution in [1.82, 2.24) is 20.4 Å². The van der Waals surface area contributed by atoms with Gasteiger partial charge in [-0.15, -0.1) is 0 Å². The van der Waals surface area contributed by atoms with Crippen LogP contribution < -0.4 is 16.4 Å². The minimum Gasteiger partial charge on any atom is -0.439 e. The molecule has 1 heterocycles. The maximum atomic E-state index is 13.9. The SMILES string of the molecule is CO[C@H]1C[C@H](C)CC2=C(NCCN(C)C)C(=O)C=C(NC(=O)/C(C)=C/C=C\[C@H](OC)[C@@H](OC(N)=O)/C(C)=C/[C@H](C)/C1=N\OCCN(C)C)C2=O. The number of oxime groups is 1. The number of allylic oxidation sites excluding steroid dienone is 5. The van der Waals surface area contributed by atoms with Gasteiger partial charge in [-0.1, -0.05) is 43.3 Å². The molecule has 0 aromatic rings. The summed E-state index contributed by atoms with van der Waals surface area (Å²) in [5.41, 5.74) is 7.33. The van der Waals surface area contributed by atoms with E-state index < -0.39 is 41.9 Å². The Bertz CT molecular complexity index is 1410. The highest BCUT2D eigenvalue weighted by molar-refractivity contribution is 6.23. The molecule has 278 valence electrons. The van der Waals surface area contributed by atoms with Gasteiger partial charge in [-0.3, -0.25) is 14.4 Å². The maximum Gasteiger partial charge on any atom is 0.405 e. The molecular weight excluding hydrogens is 644 g/mol. The third kappa shape index (κ3) is 13.0. The van der Waals surface area contributed by atoms with Gasteiger partial charge in [-0.25, -0.2) is 4.79 Å². The van der Waals surface area contributed by atoms with Crippen molar-refractivity contribution < 1.29 is 38.2 Å². The van der Waals surface area contributed by atoms with E-state index in [0.717, 1.165) is 6.08 Å². The van der Waals surface area contributed by atoms with Crippen LogP contribution in [0.5, 0.6) is 0 Å². The van der Waals surface area contributed by atoms with E-state index in [-0.39, 0.29) is 40.8 Å². The molecule has 2 rings (SSSR count). The van der Waals surface area contributed by atoms with Crippen molar-refractivity contribution >= 4 is 29.3 Å². The Balaban J connectivity index is 2.72. The quantitative estimate of drug-likeness (QED) is 0.125. The zero-order valence-electron chi connectivity index (χ0n) is 31.2. The molecule has 2 bridgehead atoms. The fourth-order valence-electron chi connectivity index (χ4n) is 5.52. The predicted molar refractivity (Wildman–Crippen MR) is 192 cm³/mol. The maximum absolute atomic E-state index is 13.9. The van der Waals surface area contributed by atoms with E-state index in [2.05, 4.69) is 15.8 Å². The van der Waals surface area contributed by atoms with Crippen LogP contribution in [0.1, 0.15) is 40.5 Å². The zero-order valence-corrected chi connectivity index (χ0v) is 31.2. The second kappa shape index (κ2) is 20.5. The minimum atomic E-state index is -0.983. The number of likely N-dealkylation sites (N-methyl/N-ethyl adjacent to an activating group) is 2. The first-order valence-electron chi connectivity index (χ1n) is 16.7. The average molecular weight is 701 g/mol. The number of carbonyl (C=O) groups excluding carboxylic acids is 4. The highest BCUT2D eigenvalue weighted by Gasteiger charge is 2.33. The Kier molecular flexibility index (Phi) is 17.3. The third-order valence-corrected chi connectivity index (χ3v) is 8.28. The third-order valence-electron chi connectivity index (χ3n) is 8.28. The van der Waals surface area contributed by atoms with E-state index in [1.165, 1.54) is 13.2 Å². The second-order valence-corrected chi connectivity index (χ2v) is 13.2. The zero-order chi connectivity index (χ0) is 37.5. The van der Waals surface area contributed by atoms with Gasteiger partial charge < -0.3 is 45.2 Å². The lowest BCUT2D eigenvalue weighted by Crippen LogP contribution is -2.38. The number of methoxy groups -OCH3 is 2. The van der Waals surface area contributed by atoms with Crippen LogP contribution in [-0.2, 0) is 33.4 Å². The lowest BCUT2D eigenvalue weighted by molar-refractivity contribution is -0.120. The molecule has 0 saturated heterocycles. The van der Waals surface area contributed by atoms with Crippen molar-refractivity contribution in [2.75, 3.05) is 68.7 Å². The number of ketones is 2. The molecule has 14 nitrogen and oxygen atoms in total. The van der Waals surface area contributed by atoms with Crippen molar-refractivity contribution in [3.05, 3.63) is 58.5 Å². The Morgan fingerprint density at radius 2 is 1.74 bits per heavy atom. The molecule has 4 N–H and O–H groups in total. The Labute approximate surface area is 296 Å². The van der Waals surface area contributed by atoms with Crippen molar-refractivity contribution in [3.63, 3.8) is 0 Å². The number of hydrogen-bond acceptors (Lipinski definition) is 12. The number of nitrogens with one attached hydrogen (secondary N) is 2. The summed E-state index contributed by atoms with van der Waals surface area (Å²) in [4.78, 5) is 62.2. The Hall–Kier alpha value is -4.11. The van der Waals surface area contributed by atoms with E-state index >= 15 is 0 Å². The fraction of sp³-hybridized carbons (Fsp3) is 0.583. The summed E-state index contributed by atoms with van der Waals surface area (Å²) in [5.74, 6) is -1.95. The van der Waals surface area contributed by atoms with Crippen molar-refractivity contribution in [2.45, 2.75) is 58.8 Å². The number of nitrogens with zero attached hydrogens (tertiary/aromatic N) is 3. The number of rotatable bonds is 11. The molecule has 0 unspecified atom stereocenters. The van der Waals surface area contributed by atoms with E-state index in [1.54, 1.807) is 33.1 Å². The van der Waals surface area contributed by atoms with Crippen LogP contribution in [0.15, 0.2) is 63.6 Å². The predicted octanol–water partition coefficient (Wildman–Crippen LogP) is 2.49. The summed E-state index contributed by atoms with van der Waals surface area (Å²) in [6, 6.07) is 0. The molecule has 0 radical (unpaired) electrons. The average Bonchev–Trinajstić information content (AvgIpc) is 3.03. The van der Waals surface area contributed by atoms with Crippen molar-refractivity contribution in [1.29, 1.82) is 0 Å². The highest BCUT2D eigenvalue weighted by atomic mass is 16.6. The fourth-order valence-corrected chi connectivity index (χ4v) is 5.52. The van der Waals surface area contributed by atoms with E-state index in [4.69, 9.17) is 24.8 Å². The molecule has 14 heteroatoms. The van der Waals surface area contributed by atoms with Gasteiger partial charge in [0.2, 0.25) is 11.6 Å². The van der Waals surface area contributed by atoms with Crippen LogP contribution >= 0.6 is 0 Å². The van der Waals surface area contributed by atoms with E-state index in [9.17, 15) is 19.2 Å². The molecule has 1 aliphatic heterocycles. The highest BCUT2D eigenvalue weighted by Crippen LogP contribution is 2.28. The minimum absolute atomic E-state index is 0.104. The van der Waals surface area contributed by atoms with Gasteiger partial charge in [0.05, 0.1) is 23.2 Å². The van der Waals surface area contributed by atoms with Crippen LogP contribution in [0.4, 0.5) is 4.79 Å². The van der Waals surface area contributed by atoms with Crippen LogP contribution in [0.2, 0.25) is 0 Å². The largest absolute Gasteiger partial charge is 0.439 e. The van der Waals surface area contributed by atoms with Gasteiger partial charge in [-0.2, -0.15) is 0 Å². The summed E-state index contributed by atoms with van der Waals surface area (Å²) in [5, 5.41) is 10.3. The molecule has 1 aliphatic carbocycles. The van der Waals surface area contributed by atoms with Crippen LogP contribution in [0, 0.1) is 11.8 Å². The number of hydrogen-bond donors (Lipinski definition) is 3. The first kappa shape index (κ1) is 42.1. The molecule has 0 spiro atoms. The molecule has 5 atom stereocenters. The number of primary amides is 1. The van der Waals surface area contributed by atoms with E-state index in [0.29, 0.717) is 43.9 Å². The number of amides is 2. The van der Waals surface area contributed by atoms with Gasteiger partial charge in [0.25, 0.3) is 5.91 Å². The molecule has 0 fully saturated rings. The lowest BCUT2D eigenvalue weighted by Gasteiger charge is -2.27. The Morgan fingerprint density at radius 1 is 1.06 bits per heavy atom. The number of fused-ring (bicyclic) bond motifs is 2. The topological polar surface area (TPSA) is 174 Å². The van der Waals surface area contributed by atoms with Crippen LogP contribution in [0.3, 0.4) is 0 Å². The first-order valence-corrected chi connectivity index (χ1v) is 16.7. The first-order chi connectivity index (χ1) is 23.6. The molecule has 0 aromatic heterocycles. The van der Waals surface area contributed by atoms with Gasteiger partial charge in [-0.05, 0) is 66.4 Å². The van der Waals surface area contributed by atoms with Crippen LogP contribution in [-0.4, -0.2) is 126 Å². The Morgan fingerprint density at radius 3 is 2.34 bits per heavy atom. The van der Waals surface area contributed by atoms with Crippen molar-refractivity contribution in [2.24, 2.45) is 22.7 Å². The number of ether oxygens (including phenoxy) is 3. The summed E-state index contributed by atoms with van der Waals surface area (Å²) >= 11 is 0. The van der Waals surface area contributed by atoms with Gasteiger partial charge in [0, 0.05) is 57.0 Å². The smallest absolute Gasteiger partial charge is 0.405 e. The van der Waals surface area contributed by atoms with Gasteiger partial charge in [0.15, 0.2) is 6.10 Å². The van der Waals surface area contributed by atoms with Crippen molar-refractivity contribution in [3.8, 4) is 0 Å². The summed E-state index contributed by atoms with van der Waals surface area (Å²) in [6.07, 6.45) is 5.20. The monoisotopic (exact) mass is 700 g/mol. The molecule has 2 aliphatic rings. The number of carbonyl (C=O) groups is 4.